The zero-order valence-corrected chi connectivity index (χ0v) is 12.5. The summed E-state index contributed by atoms with van der Waals surface area (Å²) >= 11 is 0. The third-order valence-electron chi connectivity index (χ3n) is 5.47. The van der Waals surface area contributed by atoms with Crippen molar-refractivity contribution in [2.45, 2.75) is 50.2 Å². The van der Waals surface area contributed by atoms with E-state index in [4.69, 9.17) is 0 Å². The second-order valence-electron chi connectivity index (χ2n) is 6.47. The van der Waals surface area contributed by atoms with Gasteiger partial charge in [0, 0.05) is 18.1 Å². The molecule has 1 aromatic carbocycles. The molecule has 2 fully saturated rings. The SMILES string of the molecule is CNC(Cc1ccccc1F)C1CC2CCC(C1)N2C. The Hall–Kier alpha value is -0.930. The Balaban J connectivity index is 1.70. The Kier molecular flexibility index (Phi) is 4.08. The van der Waals surface area contributed by atoms with Crippen LogP contribution in [-0.4, -0.2) is 37.1 Å². The van der Waals surface area contributed by atoms with E-state index in [9.17, 15) is 4.39 Å². The van der Waals surface area contributed by atoms with Gasteiger partial charge < -0.3 is 10.2 Å². The van der Waals surface area contributed by atoms with E-state index in [2.05, 4.69) is 17.3 Å². The highest BCUT2D eigenvalue weighted by Crippen LogP contribution is 2.39. The minimum absolute atomic E-state index is 0.0661. The molecule has 3 rings (SSSR count). The van der Waals surface area contributed by atoms with Crippen molar-refractivity contribution in [3.63, 3.8) is 0 Å². The van der Waals surface area contributed by atoms with Crippen molar-refractivity contribution in [3.8, 4) is 0 Å². The Morgan fingerprint density at radius 1 is 1.25 bits per heavy atom. The fourth-order valence-electron chi connectivity index (χ4n) is 4.19. The molecule has 0 spiro atoms. The first-order valence-corrected chi connectivity index (χ1v) is 7.81. The fourth-order valence-corrected chi connectivity index (χ4v) is 4.19. The van der Waals surface area contributed by atoms with Gasteiger partial charge in [0.05, 0.1) is 0 Å². The number of hydrogen-bond donors (Lipinski definition) is 1. The highest BCUT2D eigenvalue weighted by Gasteiger charge is 2.40. The van der Waals surface area contributed by atoms with Crippen molar-refractivity contribution in [1.29, 1.82) is 0 Å². The van der Waals surface area contributed by atoms with Gasteiger partial charge in [-0.1, -0.05) is 18.2 Å². The van der Waals surface area contributed by atoms with Crippen LogP contribution in [-0.2, 0) is 6.42 Å². The number of nitrogens with one attached hydrogen (secondary N) is 1. The van der Waals surface area contributed by atoms with Gasteiger partial charge >= 0.3 is 0 Å². The first-order chi connectivity index (χ1) is 9.69. The molecule has 2 saturated heterocycles. The maximum atomic E-state index is 13.8. The summed E-state index contributed by atoms with van der Waals surface area (Å²) in [5.41, 5.74) is 0.845. The first-order valence-electron chi connectivity index (χ1n) is 7.81. The lowest BCUT2D eigenvalue weighted by atomic mass is 9.82. The van der Waals surface area contributed by atoms with Crippen LogP contribution in [0.15, 0.2) is 24.3 Å². The van der Waals surface area contributed by atoms with Crippen molar-refractivity contribution >= 4 is 0 Å². The molecule has 110 valence electrons. The molecule has 20 heavy (non-hydrogen) atoms. The third kappa shape index (κ3) is 2.61. The Bertz CT molecular complexity index is 448. The molecular formula is C17H25FN2. The quantitative estimate of drug-likeness (QED) is 0.909. The molecule has 3 unspecified atom stereocenters. The van der Waals surface area contributed by atoms with E-state index in [1.54, 1.807) is 12.1 Å². The summed E-state index contributed by atoms with van der Waals surface area (Å²) in [6, 6.07) is 9.07. The summed E-state index contributed by atoms with van der Waals surface area (Å²) in [6.45, 7) is 0. The molecule has 0 amide bonds. The van der Waals surface area contributed by atoms with Crippen LogP contribution in [0, 0.1) is 11.7 Å². The summed E-state index contributed by atoms with van der Waals surface area (Å²) in [7, 11) is 4.29. The standard InChI is InChI=1S/C17H25FN2/c1-19-17(11-12-5-3-4-6-16(12)18)13-9-14-7-8-15(10-13)20(14)2/h3-6,13-15,17,19H,7-11H2,1-2H3. The van der Waals surface area contributed by atoms with Crippen LogP contribution < -0.4 is 5.32 Å². The molecule has 0 radical (unpaired) electrons. The summed E-state index contributed by atoms with van der Waals surface area (Å²) < 4.78 is 13.8. The van der Waals surface area contributed by atoms with E-state index < -0.39 is 0 Å². The number of halogens is 1. The summed E-state index contributed by atoms with van der Waals surface area (Å²) in [4.78, 5) is 2.56. The number of nitrogens with zero attached hydrogens (tertiary/aromatic N) is 1. The summed E-state index contributed by atoms with van der Waals surface area (Å²) in [6.07, 6.45) is 6.00. The van der Waals surface area contributed by atoms with Gasteiger partial charge in [0.2, 0.25) is 0 Å². The number of likely N-dealkylation sites (N-methyl/N-ethyl adjacent to an activating group) is 1. The fraction of sp³-hybridized carbons (Fsp3) is 0.647. The lowest BCUT2D eigenvalue weighted by Crippen LogP contribution is -2.47. The van der Waals surface area contributed by atoms with Crippen LogP contribution in [0.1, 0.15) is 31.2 Å². The topological polar surface area (TPSA) is 15.3 Å². The average molecular weight is 276 g/mol. The predicted molar refractivity (Wildman–Crippen MR) is 80.2 cm³/mol. The van der Waals surface area contributed by atoms with E-state index in [0.717, 1.165) is 24.1 Å². The lowest BCUT2D eigenvalue weighted by molar-refractivity contribution is 0.114. The van der Waals surface area contributed by atoms with Crippen LogP contribution in [0.4, 0.5) is 4.39 Å². The van der Waals surface area contributed by atoms with Crippen LogP contribution in [0.3, 0.4) is 0 Å². The zero-order valence-electron chi connectivity index (χ0n) is 12.5. The van der Waals surface area contributed by atoms with Crippen LogP contribution >= 0.6 is 0 Å². The smallest absolute Gasteiger partial charge is 0.126 e. The van der Waals surface area contributed by atoms with Gasteiger partial charge in [-0.05, 0) is 63.7 Å². The molecule has 2 aliphatic rings. The van der Waals surface area contributed by atoms with Crippen molar-refractivity contribution in [1.82, 2.24) is 10.2 Å². The summed E-state index contributed by atoms with van der Waals surface area (Å²) in [5, 5.41) is 3.45. The Morgan fingerprint density at radius 3 is 2.50 bits per heavy atom. The number of piperidine rings is 1. The van der Waals surface area contributed by atoms with Crippen molar-refractivity contribution in [2.75, 3.05) is 14.1 Å². The monoisotopic (exact) mass is 276 g/mol. The number of benzene rings is 1. The van der Waals surface area contributed by atoms with Crippen LogP contribution in [0.25, 0.3) is 0 Å². The molecule has 1 N–H and O–H groups in total. The van der Waals surface area contributed by atoms with Crippen molar-refractivity contribution in [2.24, 2.45) is 5.92 Å². The van der Waals surface area contributed by atoms with E-state index >= 15 is 0 Å². The molecule has 2 nitrogen and oxygen atoms in total. The van der Waals surface area contributed by atoms with Gasteiger partial charge in [0.15, 0.2) is 0 Å². The van der Waals surface area contributed by atoms with Crippen molar-refractivity contribution < 1.29 is 4.39 Å². The zero-order chi connectivity index (χ0) is 14.1. The normalized spacial score (nSPS) is 31.4. The summed E-state index contributed by atoms with van der Waals surface area (Å²) in [5.74, 6) is 0.608. The maximum Gasteiger partial charge on any atom is 0.126 e. The van der Waals surface area contributed by atoms with Gasteiger partial charge in [0.1, 0.15) is 5.82 Å². The molecule has 0 saturated carbocycles. The minimum atomic E-state index is -0.0661. The highest BCUT2D eigenvalue weighted by molar-refractivity contribution is 5.19. The number of rotatable bonds is 4. The van der Waals surface area contributed by atoms with Gasteiger partial charge in [-0.25, -0.2) is 4.39 Å². The molecule has 1 aromatic rings. The van der Waals surface area contributed by atoms with Crippen LogP contribution in [0.5, 0.6) is 0 Å². The molecule has 2 aliphatic heterocycles. The van der Waals surface area contributed by atoms with E-state index in [-0.39, 0.29) is 5.82 Å². The minimum Gasteiger partial charge on any atom is -0.316 e. The van der Waals surface area contributed by atoms with E-state index in [1.165, 1.54) is 25.7 Å². The second-order valence-corrected chi connectivity index (χ2v) is 6.47. The van der Waals surface area contributed by atoms with Gasteiger partial charge in [0.25, 0.3) is 0 Å². The predicted octanol–water partition coefficient (Wildman–Crippen LogP) is 2.83. The maximum absolute atomic E-state index is 13.8. The molecule has 0 aromatic heterocycles. The van der Waals surface area contributed by atoms with E-state index in [0.29, 0.717) is 12.0 Å². The highest BCUT2D eigenvalue weighted by atomic mass is 19.1. The average Bonchev–Trinajstić information content (AvgIpc) is 2.67. The Labute approximate surface area is 121 Å². The van der Waals surface area contributed by atoms with Gasteiger partial charge in [-0.2, -0.15) is 0 Å². The van der Waals surface area contributed by atoms with Gasteiger partial charge in [-0.3, -0.25) is 0 Å². The van der Waals surface area contributed by atoms with Crippen LogP contribution in [0.2, 0.25) is 0 Å². The molecule has 3 atom stereocenters. The molecular weight excluding hydrogens is 251 g/mol. The molecule has 2 heterocycles. The van der Waals surface area contributed by atoms with Crippen molar-refractivity contribution in [3.05, 3.63) is 35.6 Å². The van der Waals surface area contributed by atoms with Gasteiger partial charge in [-0.15, -0.1) is 0 Å². The number of hydrogen-bond acceptors (Lipinski definition) is 2. The second kappa shape index (κ2) is 5.82. The molecule has 0 aliphatic carbocycles. The largest absolute Gasteiger partial charge is 0.316 e. The number of fused-ring (bicyclic) bond motifs is 2. The first kappa shape index (κ1) is 14.0. The molecule has 3 heteroatoms. The molecule has 2 bridgehead atoms. The third-order valence-corrected chi connectivity index (χ3v) is 5.47. The Morgan fingerprint density at radius 2 is 1.90 bits per heavy atom. The van der Waals surface area contributed by atoms with E-state index in [1.807, 2.05) is 19.2 Å². The lowest BCUT2D eigenvalue weighted by Gasteiger charge is -2.40.